The van der Waals surface area contributed by atoms with Crippen LogP contribution in [0, 0.1) is 5.41 Å². The molecular formula is C16H20. The Morgan fingerprint density at radius 3 is 2.06 bits per heavy atom. The quantitative estimate of drug-likeness (QED) is 0.584. The van der Waals surface area contributed by atoms with Crippen molar-refractivity contribution in [2.24, 2.45) is 5.41 Å². The highest BCUT2D eigenvalue weighted by Crippen LogP contribution is 2.34. The molecule has 0 heteroatoms. The van der Waals surface area contributed by atoms with Crippen LogP contribution in [0.15, 0.2) is 48.1 Å². The third-order valence-corrected chi connectivity index (χ3v) is 3.24. The molecule has 16 heavy (non-hydrogen) atoms. The van der Waals surface area contributed by atoms with Crippen molar-refractivity contribution in [3.05, 3.63) is 53.6 Å². The maximum atomic E-state index is 2.41. The summed E-state index contributed by atoms with van der Waals surface area (Å²) in [5, 5.41) is 0. The second-order valence-electron chi connectivity index (χ2n) is 5.48. The van der Waals surface area contributed by atoms with E-state index in [9.17, 15) is 0 Å². The van der Waals surface area contributed by atoms with Gasteiger partial charge in [0.25, 0.3) is 0 Å². The fourth-order valence-corrected chi connectivity index (χ4v) is 2.13. The first-order valence-corrected chi connectivity index (χ1v) is 6.01. The number of hydrogen-bond donors (Lipinski definition) is 0. The van der Waals surface area contributed by atoms with Crippen LogP contribution < -0.4 is 0 Å². The van der Waals surface area contributed by atoms with Crippen LogP contribution in [-0.4, -0.2) is 0 Å². The first kappa shape index (κ1) is 11.2. The summed E-state index contributed by atoms with van der Waals surface area (Å²) in [7, 11) is 0. The van der Waals surface area contributed by atoms with Gasteiger partial charge >= 0.3 is 0 Å². The maximum Gasteiger partial charge on any atom is -0.00916 e. The van der Waals surface area contributed by atoms with Gasteiger partial charge in [-0.3, -0.25) is 0 Å². The summed E-state index contributed by atoms with van der Waals surface area (Å²) >= 11 is 0. The fourth-order valence-electron chi connectivity index (χ4n) is 2.13. The lowest BCUT2D eigenvalue weighted by Gasteiger charge is -2.25. The van der Waals surface area contributed by atoms with Crippen molar-refractivity contribution < 1.29 is 0 Å². The summed E-state index contributed by atoms with van der Waals surface area (Å²) in [6, 6.07) is 10.7. The molecule has 1 aromatic carbocycles. The molecule has 0 saturated heterocycles. The Hall–Kier alpha value is -1.30. The van der Waals surface area contributed by atoms with Crippen molar-refractivity contribution in [3.63, 3.8) is 0 Å². The van der Waals surface area contributed by atoms with Crippen LogP contribution in [0.5, 0.6) is 0 Å². The molecule has 0 radical (unpaired) electrons. The van der Waals surface area contributed by atoms with E-state index in [1.807, 2.05) is 0 Å². The Balaban J connectivity index is 2.13. The van der Waals surface area contributed by atoms with E-state index in [1.54, 1.807) is 5.57 Å². The monoisotopic (exact) mass is 212 g/mol. The zero-order valence-corrected chi connectivity index (χ0v) is 10.5. The molecule has 84 valence electrons. The van der Waals surface area contributed by atoms with Crippen LogP contribution in [0.2, 0.25) is 0 Å². The van der Waals surface area contributed by atoms with E-state index < -0.39 is 0 Å². The lowest BCUT2D eigenvalue weighted by atomic mass is 9.80. The van der Waals surface area contributed by atoms with Gasteiger partial charge in [0.2, 0.25) is 0 Å². The van der Waals surface area contributed by atoms with E-state index in [0.29, 0.717) is 5.41 Å². The van der Waals surface area contributed by atoms with E-state index in [0.717, 1.165) is 12.8 Å². The van der Waals surface area contributed by atoms with Gasteiger partial charge in [-0.15, -0.1) is 0 Å². The van der Waals surface area contributed by atoms with E-state index in [-0.39, 0.29) is 0 Å². The van der Waals surface area contributed by atoms with Gasteiger partial charge in [-0.25, -0.2) is 0 Å². The van der Waals surface area contributed by atoms with E-state index in [1.165, 1.54) is 11.1 Å². The highest BCUT2D eigenvalue weighted by Gasteiger charge is 2.18. The summed E-state index contributed by atoms with van der Waals surface area (Å²) < 4.78 is 0. The van der Waals surface area contributed by atoms with E-state index >= 15 is 0 Å². The minimum Gasteiger partial charge on any atom is -0.0801 e. The van der Waals surface area contributed by atoms with Crippen molar-refractivity contribution >= 4 is 5.57 Å². The van der Waals surface area contributed by atoms with Crippen molar-refractivity contribution in [3.8, 4) is 0 Å². The molecule has 0 amide bonds. The van der Waals surface area contributed by atoms with Gasteiger partial charge < -0.3 is 0 Å². The molecule has 0 spiro atoms. The Bertz CT molecular complexity index is 413. The van der Waals surface area contributed by atoms with Gasteiger partial charge in [-0.1, -0.05) is 68.8 Å². The lowest BCUT2D eigenvalue weighted by molar-refractivity contribution is 0.491. The zero-order valence-electron chi connectivity index (χ0n) is 10.5. The Morgan fingerprint density at radius 2 is 1.56 bits per heavy atom. The Kier molecular flexibility index (Phi) is 3.00. The van der Waals surface area contributed by atoms with Gasteiger partial charge in [-0.05, 0) is 29.4 Å². The maximum absolute atomic E-state index is 2.41. The van der Waals surface area contributed by atoms with E-state index in [2.05, 4.69) is 63.3 Å². The molecule has 1 aliphatic rings. The summed E-state index contributed by atoms with van der Waals surface area (Å²) in [4.78, 5) is 0. The molecule has 0 bridgehead atoms. The topological polar surface area (TPSA) is 0 Å². The van der Waals surface area contributed by atoms with Gasteiger partial charge in [-0.2, -0.15) is 0 Å². The molecule has 0 N–H and O–H groups in total. The Morgan fingerprint density at radius 1 is 0.875 bits per heavy atom. The lowest BCUT2D eigenvalue weighted by Crippen LogP contribution is -2.10. The van der Waals surface area contributed by atoms with Crippen LogP contribution in [0.3, 0.4) is 0 Å². The summed E-state index contributed by atoms with van der Waals surface area (Å²) in [6.45, 7) is 6.88. The molecule has 0 atom stereocenters. The molecule has 0 aromatic heterocycles. The average molecular weight is 212 g/mol. The predicted molar refractivity (Wildman–Crippen MR) is 71.2 cm³/mol. The largest absolute Gasteiger partial charge is 0.0801 e. The van der Waals surface area contributed by atoms with Crippen molar-refractivity contribution in [1.29, 1.82) is 0 Å². The minimum absolute atomic E-state index is 0.318. The van der Waals surface area contributed by atoms with Gasteiger partial charge in [0.05, 0.1) is 0 Å². The first-order chi connectivity index (χ1) is 7.57. The molecule has 1 aliphatic carbocycles. The van der Waals surface area contributed by atoms with Crippen LogP contribution in [0.4, 0.5) is 0 Å². The molecule has 0 nitrogen and oxygen atoms in total. The van der Waals surface area contributed by atoms with Crippen LogP contribution >= 0.6 is 0 Å². The smallest absolute Gasteiger partial charge is 0.00916 e. The SMILES string of the molecule is CC(C)(C)C1=CCC(c2ccccc2)=CC1. The van der Waals surface area contributed by atoms with Crippen LogP contribution in [0.1, 0.15) is 39.2 Å². The molecule has 1 aromatic rings. The van der Waals surface area contributed by atoms with Gasteiger partial charge in [0, 0.05) is 0 Å². The number of allylic oxidation sites excluding steroid dienone is 4. The van der Waals surface area contributed by atoms with E-state index in [4.69, 9.17) is 0 Å². The highest BCUT2D eigenvalue weighted by atomic mass is 14.2. The molecule has 0 unspecified atom stereocenters. The standard InChI is InChI=1S/C16H20/c1-16(2,3)15-11-9-14(10-12-15)13-7-5-4-6-8-13/h4-9,12H,10-11H2,1-3H3. The third kappa shape index (κ3) is 2.44. The number of hydrogen-bond acceptors (Lipinski definition) is 0. The molecule has 0 fully saturated rings. The average Bonchev–Trinajstić information content (AvgIpc) is 2.29. The highest BCUT2D eigenvalue weighted by molar-refractivity contribution is 5.68. The van der Waals surface area contributed by atoms with Crippen LogP contribution in [0.25, 0.3) is 5.57 Å². The molecule has 2 rings (SSSR count). The molecule has 0 heterocycles. The van der Waals surface area contributed by atoms with Crippen LogP contribution in [-0.2, 0) is 0 Å². The first-order valence-electron chi connectivity index (χ1n) is 6.01. The second-order valence-corrected chi connectivity index (χ2v) is 5.48. The summed E-state index contributed by atoms with van der Waals surface area (Å²) in [5.74, 6) is 0. The van der Waals surface area contributed by atoms with Crippen molar-refractivity contribution in [1.82, 2.24) is 0 Å². The molecule has 0 aliphatic heterocycles. The molecule has 0 saturated carbocycles. The van der Waals surface area contributed by atoms with Crippen molar-refractivity contribution in [2.45, 2.75) is 33.6 Å². The summed E-state index contributed by atoms with van der Waals surface area (Å²) in [6.07, 6.45) is 6.97. The summed E-state index contributed by atoms with van der Waals surface area (Å²) in [5.41, 5.74) is 4.71. The third-order valence-electron chi connectivity index (χ3n) is 3.24. The Labute approximate surface area is 98.7 Å². The zero-order chi connectivity index (χ0) is 11.6. The number of benzene rings is 1. The number of rotatable bonds is 1. The van der Waals surface area contributed by atoms with Crippen molar-refractivity contribution in [2.75, 3.05) is 0 Å². The van der Waals surface area contributed by atoms with Gasteiger partial charge in [0.15, 0.2) is 0 Å². The fraction of sp³-hybridized carbons (Fsp3) is 0.375. The second kappa shape index (κ2) is 4.29. The molecular weight excluding hydrogens is 192 g/mol. The van der Waals surface area contributed by atoms with Gasteiger partial charge in [0.1, 0.15) is 0 Å². The predicted octanol–water partition coefficient (Wildman–Crippen LogP) is 4.84. The minimum atomic E-state index is 0.318. The normalized spacial score (nSPS) is 16.7.